The Morgan fingerprint density at radius 3 is 2.50 bits per heavy atom. The van der Waals surface area contributed by atoms with Gasteiger partial charge < -0.3 is 9.42 Å². The lowest BCUT2D eigenvalue weighted by Gasteiger charge is -2.37. The summed E-state index contributed by atoms with van der Waals surface area (Å²) in [5.41, 5.74) is 1.45. The van der Waals surface area contributed by atoms with Gasteiger partial charge >= 0.3 is 0 Å². The summed E-state index contributed by atoms with van der Waals surface area (Å²) in [6.07, 6.45) is 4.19. The van der Waals surface area contributed by atoms with Gasteiger partial charge in [-0.25, -0.2) is 12.7 Å². The van der Waals surface area contributed by atoms with Crippen LogP contribution >= 0.6 is 0 Å². The van der Waals surface area contributed by atoms with Crippen LogP contribution < -0.4 is 0 Å². The van der Waals surface area contributed by atoms with Gasteiger partial charge in [0.1, 0.15) is 0 Å². The molecule has 1 amide bonds. The van der Waals surface area contributed by atoms with Crippen LogP contribution in [-0.4, -0.2) is 71.1 Å². The van der Waals surface area contributed by atoms with E-state index in [-0.39, 0.29) is 17.7 Å². The van der Waals surface area contributed by atoms with Gasteiger partial charge in [0.05, 0.1) is 17.7 Å². The van der Waals surface area contributed by atoms with Gasteiger partial charge in [-0.3, -0.25) is 9.78 Å². The molecule has 0 saturated carbocycles. The molecule has 0 aromatic carbocycles. The second-order valence-corrected chi connectivity index (χ2v) is 9.50. The van der Waals surface area contributed by atoms with Crippen molar-refractivity contribution >= 4 is 15.9 Å². The maximum atomic E-state index is 12.4. The summed E-state index contributed by atoms with van der Waals surface area (Å²) in [4.78, 5) is 22.9. The van der Waals surface area contributed by atoms with E-state index >= 15 is 0 Å². The fourth-order valence-corrected chi connectivity index (χ4v) is 4.48. The lowest BCUT2D eigenvalue weighted by Crippen LogP contribution is -2.48. The molecule has 2 saturated heterocycles. The van der Waals surface area contributed by atoms with Crippen LogP contribution in [0.1, 0.15) is 52.4 Å². The summed E-state index contributed by atoms with van der Waals surface area (Å²) in [7, 11) is -3.15. The van der Waals surface area contributed by atoms with Crippen LogP contribution in [0.2, 0.25) is 0 Å². The topological polar surface area (TPSA) is 110 Å². The van der Waals surface area contributed by atoms with Crippen molar-refractivity contribution in [1.29, 1.82) is 0 Å². The number of rotatable bonds is 4. The van der Waals surface area contributed by atoms with Crippen molar-refractivity contribution in [3.63, 3.8) is 0 Å². The first-order chi connectivity index (χ1) is 13.3. The van der Waals surface area contributed by atoms with Crippen molar-refractivity contribution < 1.29 is 17.7 Å². The molecule has 10 heteroatoms. The Kier molecular flexibility index (Phi) is 4.92. The molecule has 0 aliphatic carbocycles. The zero-order chi connectivity index (χ0) is 19.9. The summed E-state index contributed by atoms with van der Waals surface area (Å²) in [6, 6.07) is 3.61. The van der Waals surface area contributed by atoms with E-state index in [1.165, 1.54) is 10.6 Å². The number of carbonyl (C=O) groups excluding carboxylic acids is 1. The Balaban J connectivity index is 1.33. The maximum Gasteiger partial charge on any atom is 0.255 e. The second-order valence-electron chi connectivity index (χ2n) is 7.52. The number of aromatic nitrogens is 3. The molecule has 0 bridgehead atoms. The van der Waals surface area contributed by atoms with Crippen molar-refractivity contribution in [2.75, 3.05) is 32.4 Å². The highest BCUT2D eigenvalue weighted by Gasteiger charge is 2.37. The van der Waals surface area contributed by atoms with Gasteiger partial charge in [-0.05, 0) is 31.9 Å². The van der Waals surface area contributed by atoms with Crippen LogP contribution in [-0.2, 0) is 10.0 Å². The molecule has 2 aromatic heterocycles. The highest BCUT2D eigenvalue weighted by atomic mass is 32.2. The Hall–Kier alpha value is -2.33. The first-order valence-electron chi connectivity index (χ1n) is 9.32. The molecular weight excluding hydrogens is 382 g/mol. The zero-order valence-corrected chi connectivity index (χ0v) is 16.7. The number of hydrogen-bond donors (Lipinski definition) is 0. The lowest BCUT2D eigenvalue weighted by molar-refractivity contribution is 0.0568. The highest BCUT2D eigenvalue weighted by molar-refractivity contribution is 7.88. The van der Waals surface area contributed by atoms with Gasteiger partial charge in [0.15, 0.2) is 5.82 Å². The molecule has 150 valence electrons. The Morgan fingerprint density at radius 1 is 1.18 bits per heavy atom. The van der Waals surface area contributed by atoms with Crippen molar-refractivity contribution in [1.82, 2.24) is 24.3 Å². The molecule has 0 N–H and O–H groups in total. The third kappa shape index (κ3) is 3.79. The van der Waals surface area contributed by atoms with Gasteiger partial charge in [0.2, 0.25) is 15.9 Å². The lowest BCUT2D eigenvalue weighted by atomic mass is 9.96. The van der Waals surface area contributed by atoms with E-state index in [1.54, 1.807) is 17.2 Å². The Bertz CT molecular complexity index is 958. The monoisotopic (exact) mass is 405 g/mol. The van der Waals surface area contributed by atoms with Gasteiger partial charge in [-0.15, -0.1) is 0 Å². The fraction of sp³-hybridized carbons (Fsp3) is 0.556. The Labute approximate surface area is 163 Å². The van der Waals surface area contributed by atoms with Gasteiger partial charge in [0, 0.05) is 44.0 Å². The molecule has 0 atom stereocenters. The van der Waals surface area contributed by atoms with Crippen LogP contribution in [0.4, 0.5) is 0 Å². The van der Waals surface area contributed by atoms with Crippen LogP contribution in [0, 0.1) is 6.92 Å². The average molecular weight is 405 g/mol. The molecule has 0 spiro atoms. The van der Waals surface area contributed by atoms with E-state index in [0.717, 1.165) is 5.69 Å². The fourth-order valence-electron chi connectivity index (χ4n) is 3.60. The molecule has 2 aliphatic rings. The van der Waals surface area contributed by atoms with Gasteiger partial charge in [0.25, 0.3) is 5.91 Å². The molecule has 0 unspecified atom stereocenters. The van der Waals surface area contributed by atoms with Gasteiger partial charge in [-0.2, -0.15) is 4.98 Å². The summed E-state index contributed by atoms with van der Waals surface area (Å²) in [5, 5.41) is 4.10. The van der Waals surface area contributed by atoms with Crippen molar-refractivity contribution in [3.05, 3.63) is 41.3 Å². The molecule has 9 nitrogen and oxygen atoms in total. The van der Waals surface area contributed by atoms with Crippen LogP contribution in [0.5, 0.6) is 0 Å². The first kappa shape index (κ1) is 19.0. The summed E-state index contributed by atoms with van der Waals surface area (Å²) >= 11 is 0. The zero-order valence-electron chi connectivity index (χ0n) is 15.9. The molecule has 2 aromatic rings. The largest absolute Gasteiger partial charge is 0.339 e. The SMILES string of the molecule is Cc1ccc(C(=O)N2CC(c3nc(C4CCN(S(C)(=O)=O)CC4)no3)C2)cn1. The van der Waals surface area contributed by atoms with Crippen LogP contribution in [0.15, 0.2) is 22.9 Å². The standard InChI is InChI=1S/C18H23N5O4S/c1-12-3-4-14(9-19-12)18(24)22-10-15(11-22)17-20-16(21-27-17)13-5-7-23(8-6-13)28(2,25)26/h3-4,9,13,15H,5-8,10-11H2,1-2H3. The van der Waals surface area contributed by atoms with E-state index < -0.39 is 10.0 Å². The third-order valence-electron chi connectivity index (χ3n) is 5.42. The number of hydrogen-bond acceptors (Lipinski definition) is 7. The first-order valence-corrected chi connectivity index (χ1v) is 11.2. The molecule has 2 aliphatic heterocycles. The number of likely N-dealkylation sites (tertiary alicyclic amines) is 1. The summed E-state index contributed by atoms with van der Waals surface area (Å²) < 4.78 is 30.1. The number of aryl methyl sites for hydroxylation is 1. The van der Waals surface area contributed by atoms with Crippen LogP contribution in [0.25, 0.3) is 0 Å². The van der Waals surface area contributed by atoms with Crippen molar-refractivity contribution in [2.24, 2.45) is 0 Å². The van der Waals surface area contributed by atoms with Crippen molar-refractivity contribution in [3.8, 4) is 0 Å². The minimum Gasteiger partial charge on any atom is -0.339 e. The van der Waals surface area contributed by atoms with E-state index in [0.29, 0.717) is 56.3 Å². The number of sulfonamides is 1. The number of piperidine rings is 1. The molecule has 4 heterocycles. The molecular formula is C18H23N5O4S. The molecule has 0 radical (unpaired) electrons. The minimum absolute atomic E-state index is 0.0414. The number of amides is 1. The molecule has 4 rings (SSSR count). The average Bonchev–Trinajstić information content (AvgIpc) is 3.10. The van der Waals surface area contributed by atoms with E-state index in [9.17, 15) is 13.2 Å². The van der Waals surface area contributed by atoms with Crippen LogP contribution in [0.3, 0.4) is 0 Å². The summed E-state index contributed by atoms with van der Waals surface area (Å²) in [6.45, 7) is 3.92. The minimum atomic E-state index is -3.15. The third-order valence-corrected chi connectivity index (χ3v) is 6.73. The van der Waals surface area contributed by atoms with E-state index in [4.69, 9.17) is 4.52 Å². The predicted molar refractivity (Wildman–Crippen MR) is 100 cm³/mol. The Morgan fingerprint density at radius 2 is 1.89 bits per heavy atom. The van der Waals surface area contributed by atoms with E-state index in [2.05, 4.69) is 15.1 Å². The maximum absolute atomic E-state index is 12.4. The number of carbonyl (C=O) groups is 1. The number of pyridine rings is 1. The van der Waals surface area contributed by atoms with E-state index in [1.807, 2.05) is 13.0 Å². The highest BCUT2D eigenvalue weighted by Crippen LogP contribution is 2.31. The normalized spacial score (nSPS) is 19.6. The molecule has 2 fully saturated rings. The second kappa shape index (κ2) is 7.25. The smallest absolute Gasteiger partial charge is 0.255 e. The summed E-state index contributed by atoms with van der Waals surface area (Å²) in [5.74, 6) is 1.28. The predicted octanol–water partition coefficient (Wildman–Crippen LogP) is 1.15. The molecule has 28 heavy (non-hydrogen) atoms. The van der Waals surface area contributed by atoms with Crippen molar-refractivity contribution in [2.45, 2.75) is 31.6 Å². The number of nitrogens with zero attached hydrogens (tertiary/aromatic N) is 5. The quantitative estimate of drug-likeness (QED) is 0.750. The van der Waals surface area contributed by atoms with Gasteiger partial charge in [-0.1, -0.05) is 5.16 Å².